The lowest BCUT2D eigenvalue weighted by Crippen LogP contribution is -2.47. The molecule has 1 aliphatic rings. The Morgan fingerprint density at radius 1 is 1.11 bits per heavy atom. The van der Waals surface area contributed by atoms with E-state index >= 15 is 0 Å². The first kappa shape index (κ1) is 18.3. The minimum Gasteiger partial charge on any atom is -0.367 e. The summed E-state index contributed by atoms with van der Waals surface area (Å²) in [7, 11) is 0. The number of piperazine rings is 1. The molecule has 27 heavy (non-hydrogen) atoms. The third-order valence-electron chi connectivity index (χ3n) is 4.63. The molecule has 2 aromatic rings. The summed E-state index contributed by atoms with van der Waals surface area (Å²) in [6.07, 6.45) is 0. The van der Waals surface area contributed by atoms with Crippen LogP contribution in [0, 0.1) is 27.3 Å². The summed E-state index contributed by atoms with van der Waals surface area (Å²) in [6.45, 7) is 3.53. The minimum absolute atomic E-state index is 0.124. The minimum atomic E-state index is -0.532. The van der Waals surface area contributed by atoms with Gasteiger partial charge in [0, 0.05) is 43.9 Å². The molecule has 8 heteroatoms. The van der Waals surface area contributed by atoms with Crippen LogP contribution in [0.1, 0.15) is 22.8 Å². The van der Waals surface area contributed by atoms with Gasteiger partial charge in [0.15, 0.2) is 5.78 Å². The van der Waals surface area contributed by atoms with E-state index in [9.17, 15) is 24.6 Å². The van der Waals surface area contributed by atoms with Crippen LogP contribution >= 0.6 is 0 Å². The molecule has 138 valence electrons. The normalized spacial score (nSPS) is 14.0. The number of hydrogen-bond acceptors (Lipinski definition) is 6. The Kier molecular flexibility index (Phi) is 5.03. The highest BCUT2D eigenvalue weighted by molar-refractivity contribution is 5.94. The van der Waals surface area contributed by atoms with Gasteiger partial charge >= 0.3 is 0 Å². The van der Waals surface area contributed by atoms with E-state index in [-0.39, 0.29) is 17.0 Å². The summed E-state index contributed by atoms with van der Waals surface area (Å²) in [5, 5.41) is 20.2. The highest BCUT2D eigenvalue weighted by Gasteiger charge is 2.23. The molecule has 1 aliphatic heterocycles. The van der Waals surface area contributed by atoms with Crippen molar-refractivity contribution in [1.82, 2.24) is 0 Å². The lowest BCUT2D eigenvalue weighted by Gasteiger charge is -2.37. The van der Waals surface area contributed by atoms with Crippen molar-refractivity contribution in [1.29, 1.82) is 5.26 Å². The number of ketones is 1. The molecule has 0 aliphatic carbocycles. The van der Waals surface area contributed by atoms with Crippen LogP contribution in [-0.2, 0) is 0 Å². The van der Waals surface area contributed by atoms with Gasteiger partial charge in [-0.3, -0.25) is 14.9 Å². The van der Waals surface area contributed by atoms with E-state index in [0.29, 0.717) is 43.1 Å². The van der Waals surface area contributed by atoms with Crippen LogP contribution in [-0.4, -0.2) is 36.9 Å². The monoisotopic (exact) mass is 368 g/mol. The van der Waals surface area contributed by atoms with Gasteiger partial charge in [-0.05, 0) is 31.2 Å². The number of nitro benzene ring substituents is 1. The van der Waals surface area contributed by atoms with Crippen molar-refractivity contribution < 1.29 is 14.1 Å². The number of carbonyl (C=O) groups excluding carboxylic acids is 1. The fraction of sp³-hybridized carbons (Fsp3) is 0.263. The smallest absolute Gasteiger partial charge is 0.270 e. The first-order chi connectivity index (χ1) is 12.9. The van der Waals surface area contributed by atoms with Crippen LogP contribution < -0.4 is 9.80 Å². The Balaban J connectivity index is 1.75. The summed E-state index contributed by atoms with van der Waals surface area (Å²) < 4.78 is 14.3. The topological polar surface area (TPSA) is 90.5 Å². The molecule has 2 aromatic carbocycles. The Morgan fingerprint density at radius 3 is 2.22 bits per heavy atom. The molecular weight excluding hydrogens is 351 g/mol. The molecule has 0 amide bonds. The van der Waals surface area contributed by atoms with Crippen LogP contribution in [0.3, 0.4) is 0 Å². The second-order valence-electron chi connectivity index (χ2n) is 6.27. The van der Waals surface area contributed by atoms with Gasteiger partial charge in [0.25, 0.3) is 5.69 Å². The highest BCUT2D eigenvalue weighted by Crippen LogP contribution is 2.28. The molecule has 0 aromatic heterocycles. The number of carbonyl (C=O) groups is 1. The van der Waals surface area contributed by atoms with Gasteiger partial charge in [-0.25, -0.2) is 4.39 Å². The van der Waals surface area contributed by atoms with Crippen LogP contribution in [0.4, 0.5) is 21.5 Å². The van der Waals surface area contributed by atoms with Gasteiger partial charge in [-0.1, -0.05) is 0 Å². The molecule has 0 unspecified atom stereocenters. The molecule has 1 saturated heterocycles. The van der Waals surface area contributed by atoms with E-state index in [4.69, 9.17) is 0 Å². The fourth-order valence-corrected chi connectivity index (χ4v) is 3.17. The predicted octanol–water partition coefficient (Wildman–Crippen LogP) is 3.13. The molecule has 0 bridgehead atoms. The third kappa shape index (κ3) is 3.72. The van der Waals surface area contributed by atoms with Crippen LogP contribution in [0.15, 0.2) is 36.4 Å². The van der Waals surface area contributed by atoms with Crippen LogP contribution in [0.25, 0.3) is 0 Å². The number of halogens is 1. The third-order valence-corrected chi connectivity index (χ3v) is 4.63. The maximum absolute atomic E-state index is 14.3. The largest absolute Gasteiger partial charge is 0.367 e. The lowest BCUT2D eigenvalue weighted by atomic mass is 10.1. The van der Waals surface area contributed by atoms with E-state index in [1.807, 2.05) is 15.9 Å². The number of non-ortho nitro benzene ring substituents is 1. The van der Waals surface area contributed by atoms with Gasteiger partial charge in [0.2, 0.25) is 0 Å². The molecule has 1 heterocycles. The Labute approximate surface area is 155 Å². The number of benzene rings is 2. The number of nitrogens with zero attached hydrogens (tertiary/aromatic N) is 4. The quantitative estimate of drug-likeness (QED) is 0.468. The summed E-state index contributed by atoms with van der Waals surface area (Å²) >= 11 is 0. The number of nitriles is 1. The summed E-state index contributed by atoms with van der Waals surface area (Å²) in [4.78, 5) is 25.5. The van der Waals surface area contributed by atoms with Crippen LogP contribution in [0.2, 0.25) is 0 Å². The van der Waals surface area contributed by atoms with E-state index in [1.165, 1.54) is 25.1 Å². The average Bonchev–Trinajstić information content (AvgIpc) is 2.67. The SMILES string of the molecule is CC(=O)c1ccc(N2CCN(c3ccc([N+](=O)[O-])cc3C#N)CC2)c(F)c1. The first-order valence-corrected chi connectivity index (χ1v) is 8.39. The Hall–Kier alpha value is -3.47. The second-order valence-corrected chi connectivity index (χ2v) is 6.27. The molecule has 0 N–H and O–H groups in total. The zero-order valence-electron chi connectivity index (χ0n) is 14.7. The number of anilines is 2. The van der Waals surface area contributed by atoms with Gasteiger partial charge < -0.3 is 9.80 Å². The average molecular weight is 368 g/mol. The molecule has 0 atom stereocenters. The number of nitro groups is 1. The van der Waals surface area contributed by atoms with Gasteiger partial charge in [0.1, 0.15) is 11.9 Å². The molecule has 3 rings (SSSR count). The summed E-state index contributed by atoms with van der Waals surface area (Å²) in [5.41, 5.74) is 1.52. The standard InChI is InChI=1S/C19H17FN4O3/c1-13(25)14-2-4-19(17(20)11-14)23-8-6-22(7-9-23)18-5-3-16(24(26)27)10-15(18)12-21/h2-5,10-11H,6-9H2,1H3. The van der Waals surface area contributed by atoms with Crippen molar-refractivity contribution in [2.24, 2.45) is 0 Å². The Bertz CT molecular complexity index is 946. The van der Waals surface area contributed by atoms with E-state index in [0.717, 1.165) is 0 Å². The Morgan fingerprint density at radius 2 is 1.70 bits per heavy atom. The van der Waals surface area contributed by atoms with Gasteiger partial charge in [-0.15, -0.1) is 0 Å². The molecule has 0 saturated carbocycles. The number of rotatable bonds is 4. The number of Topliss-reactive ketones (excluding diaryl/α,β-unsaturated/α-hetero) is 1. The van der Waals surface area contributed by atoms with Crippen molar-refractivity contribution in [2.45, 2.75) is 6.92 Å². The number of hydrogen-bond donors (Lipinski definition) is 0. The van der Waals surface area contributed by atoms with Crippen molar-refractivity contribution in [3.63, 3.8) is 0 Å². The molecule has 7 nitrogen and oxygen atoms in total. The summed E-state index contributed by atoms with van der Waals surface area (Å²) in [6, 6.07) is 10.7. The van der Waals surface area contributed by atoms with Gasteiger partial charge in [0.05, 0.1) is 21.9 Å². The van der Waals surface area contributed by atoms with E-state index in [2.05, 4.69) is 0 Å². The molecule has 0 radical (unpaired) electrons. The van der Waals surface area contributed by atoms with Crippen LogP contribution in [0.5, 0.6) is 0 Å². The maximum atomic E-state index is 14.3. The molecule has 0 spiro atoms. The summed E-state index contributed by atoms with van der Waals surface area (Å²) in [5.74, 6) is -0.628. The highest BCUT2D eigenvalue weighted by atomic mass is 19.1. The molecule has 1 fully saturated rings. The first-order valence-electron chi connectivity index (χ1n) is 8.39. The van der Waals surface area contributed by atoms with E-state index < -0.39 is 10.7 Å². The van der Waals surface area contributed by atoms with Crippen molar-refractivity contribution in [3.8, 4) is 6.07 Å². The zero-order valence-corrected chi connectivity index (χ0v) is 14.7. The van der Waals surface area contributed by atoms with E-state index in [1.54, 1.807) is 18.2 Å². The van der Waals surface area contributed by atoms with Crippen molar-refractivity contribution in [2.75, 3.05) is 36.0 Å². The molecular formula is C19H17FN4O3. The maximum Gasteiger partial charge on any atom is 0.270 e. The second kappa shape index (κ2) is 7.41. The predicted molar refractivity (Wildman–Crippen MR) is 98.6 cm³/mol. The van der Waals surface area contributed by atoms with Gasteiger partial charge in [-0.2, -0.15) is 5.26 Å². The fourth-order valence-electron chi connectivity index (χ4n) is 3.17. The zero-order chi connectivity index (χ0) is 19.6. The van der Waals surface area contributed by atoms with Crippen molar-refractivity contribution >= 4 is 22.8 Å². The van der Waals surface area contributed by atoms with Crippen molar-refractivity contribution in [3.05, 3.63) is 63.5 Å². The lowest BCUT2D eigenvalue weighted by molar-refractivity contribution is -0.384.